The predicted octanol–water partition coefficient (Wildman–Crippen LogP) is 1.11. The Kier molecular flexibility index (Phi) is 5.82. The zero-order valence-electron chi connectivity index (χ0n) is 10.9. The van der Waals surface area contributed by atoms with Gasteiger partial charge in [-0.25, -0.2) is 0 Å². The van der Waals surface area contributed by atoms with Gasteiger partial charge in [-0.05, 0) is 24.3 Å². The summed E-state index contributed by atoms with van der Waals surface area (Å²) in [7, 11) is 0. The van der Waals surface area contributed by atoms with Crippen molar-refractivity contribution in [2.45, 2.75) is 32.7 Å². The summed E-state index contributed by atoms with van der Waals surface area (Å²) in [6, 6.07) is -0.303. The third-order valence-corrected chi connectivity index (χ3v) is 3.74. The third-order valence-electron chi connectivity index (χ3n) is 2.84. The van der Waals surface area contributed by atoms with Gasteiger partial charge in [0.2, 0.25) is 11.8 Å². The highest BCUT2D eigenvalue weighted by atomic mass is 32.2. The molecule has 2 atom stereocenters. The number of thioether (sulfide) groups is 1. The molecule has 0 bridgehead atoms. The van der Waals surface area contributed by atoms with Crippen LogP contribution in [0.5, 0.6) is 0 Å². The number of rotatable bonds is 6. The molecule has 0 saturated carbocycles. The second-order valence-corrected chi connectivity index (χ2v) is 5.60. The van der Waals surface area contributed by atoms with E-state index in [2.05, 4.69) is 18.5 Å². The van der Waals surface area contributed by atoms with Gasteiger partial charge >= 0.3 is 0 Å². The van der Waals surface area contributed by atoms with Gasteiger partial charge in [-0.3, -0.25) is 9.59 Å². The Morgan fingerprint density at radius 2 is 2.24 bits per heavy atom. The van der Waals surface area contributed by atoms with Crippen molar-refractivity contribution < 1.29 is 9.59 Å². The van der Waals surface area contributed by atoms with Crippen molar-refractivity contribution in [3.05, 3.63) is 0 Å². The maximum Gasteiger partial charge on any atom is 0.245 e. The molecule has 0 aromatic heterocycles. The highest BCUT2D eigenvalue weighted by Crippen LogP contribution is 2.12. The van der Waals surface area contributed by atoms with Crippen LogP contribution in [-0.2, 0) is 9.59 Å². The Bertz CT molecular complexity index is 284. The second kappa shape index (κ2) is 6.89. The van der Waals surface area contributed by atoms with Crippen LogP contribution in [0.1, 0.15) is 26.7 Å². The standard InChI is InChI=1S/C12H22N2O2S/c1-4-5-10-12(16)14(7-11(15)13-10)6-9(2)8-17-3/h9-10H,4-8H2,1-3H3,(H,13,15). The molecule has 0 radical (unpaired) electrons. The number of hydrogen-bond acceptors (Lipinski definition) is 3. The zero-order chi connectivity index (χ0) is 12.8. The summed E-state index contributed by atoms with van der Waals surface area (Å²) in [5.41, 5.74) is 0. The maximum absolute atomic E-state index is 12.1. The first-order valence-corrected chi connectivity index (χ1v) is 7.55. The average Bonchev–Trinajstić information content (AvgIpc) is 2.25. The lowest BCUT2D eigenvalue weighted by Gasteiger charge is -2.34. The molecule has 1 aliphatic rings. The molecule has 1 fully saturated rings. The summed E-state index contributed by atoms with van der Waals surface area (Å²) in [5.74, 6) is 1.50. The minimum absolute atomic E-state index is 0.0283. The van der Waals surface area contributed by atoms with Crippen LogP contribution < -0.4 is 5.32 Å². The van der Waals surface area contributed by atoms with E-state index in [1.54, 1.807) is 16.7 Å². The van der Waals surface area contributed by atoms with Crippen LogP contribution in [0, 0.1) is 5.92 Å². The molecule has 2 amide bonds. The summed E-state index contributed by atoms with van der Waals surface area (Å²) >= 11 is 1.77. The van der Waals surface area contributed by atoms with E-state index in [4.69, 9.17) is 0 Å². The number of nitrogens with zero attached hydrogens (tertiary/aromatic N) is 1. The van der Waals surface area contributed by atoms with Gasteiger partial charge in [-0.2, -0.15) is 11.8 Å². The predicted molar refractivity (Wildman–Crippen MR) is 71.0 cm³/mol. The zero-order valence-corrected chi connectivity index (χ0v) is 11.7. The molecule has 2 unspecified atom stereocenters. The van der Waals surface area contributed by atoms with E-state index in [9.17, 15) is 9.59 Å². The van der Waals surface area contributed by atoms with Crippen LogP contribution >= 0.6 is 11.8 Å². The van der Waals surface area contributed by atoms with Gasteiger partial charge in [0.25, 0.3) is 0 Å². The second-order valence-electron chi connectivity index (χ2n) is 4.69. The molecule has 1 heterocycles. The van der Waals surface area contributed by atoms with Crippen molar-refractivity contribution in [3.63, 3.8) is 0 Å². The van der Waals surface area contributed by atoms with E-state index in [-0.39, 0.29) is 24.4 Å². The molecule has 4 nitrogen and oxygen atoms in total. The van der Waals surface area contributed by atoms with E-state index in [1.807, 2.05) is 6.92 Å². The molecule has 5 heteroatoms. The Hall–Kier alpha value is -0.710. The van der Waals surface area contributed by atoms with Crippen LogP contribution in [0.3, 0.4) is 0 Å². The van der Waals surface area contributed by atoms with Gasteiger partial charge in [-0.15, -0.1) is 0 Å². The lowest BCUT2D eigenvalue weighted by molar-refractivity contribution is -0.144. The number of carbonyl (C=O) groups excluding carboxylic acids is 2. The van der Waals surface area contributed by atoms with Crippen LogP contribution in [0.2, 0.25) is 0 Å². The van der Waals surface area contributed by atoms with Crippen molar-refractivity contribution in [1.29, 1.82) is 0 Å². The maximum atomic E-state index is 12.1. The Labute approximate surface area is 108 Å². The lowest BCUT2D eigenvalue weighted by atomic mass is 10.1. The van der Waals surface area contributed by atoms with Crippen molar-refractivity contribution in [1.82, 2.24) is 10.2 Å². The third kappa shape index (κ3) is 4.22. The van der Waals surface area contributed by atoms with Crippen molar-refractivity contribution >= 4 is 23.6 Å². The smallest absolute Gasteiger partial charge is 0.245 e. The van der Waals surface area contributed by atoms with Gasteiger partial charge in [0, 0.05) is 6.54 Å². The Balaban J connectivity index is 2.57. The van der Waals surface area contributed by atoms with E-state index in [0.29, 0.717) is 12.5 Å². The normalized spacial score (nSPS) is 22.5. The summed E-state index contributed by atoms with van der Waals surface area (Å²) in [4.78, 5) is 25.3. The van der Waals surface area contributed by atoms with Gasteiger partial charge in [-0.1, -0.05) is 20.3 Å². The number of amides is 2. The van der Waals surface area contributed by atoms with Gasteiger partial charge in [0.1, 0.15) is 6.04 Å². The van der Waals surface area contributed by atoms with E-state index in [1.165, 1.54) is 0 Å². The quantitative estimate of drug-likeness (QED) is 0.776. The number of nitrogens with one attached hydrogen (secondary N) is 1. The summed E-state index contributed by atoms with van der Waals surface area (Å²) in [5, 5.41) is 2.77. The molecular formula is C12H22N2O2S. The summed E-state index contributed by atoms with van der Waals surface area (Å²) < 4.78 is 0. The van der Waals surface area contributed by atoms with Crippen LogP contribution in [0.15, 0.2) is 0 Å². The topological polar surface area (TPSA) is 49.4 Å². The summed E-state index contributed by atoms with van der Waals surface area (Å²) in [6.07, 6.45) is 3.70. The molecule has 1 aliphatic heterocycles. The van der Waals surface area contributed by atoms with E-state index in [0.717, 1.165) is 18.6 Å². The van der Waals surface area contributed by atoms with Gasteiger partial charge < -0.3 is 10.2 Å². The Morgan fingerprint density at radius 3 is 2.82 bits per heavy atom. The lowest BCUT2D eigenvalue weighted by Crippen LogP contribution is -2.58. The molecular weight excluding hydrogens is 236 g/mol. The molecule has 1 rings (SSSR count). The van der Waals surface area contributed by atoms with E-state index >= 15 is 0 Å². The minimum atomic E-state index is -0.303. The van der Waals surface area contributed by atoms with Crippen molar-refractivity contribution in [3.8, 4) is 0 Å². The SMILES string of the molecule is CCCC1NC(=O)CN(CC(C)CSC)C1=O. The monoisotopic (exact) mass is 258 g/mol. The van der Waals surface area contributed by atoms with E-state index < -0.39 is 0 Å². The van der Waals surface area contributed by atoms with Crippen LogP contribution in [-0.4, -0.2) is 47.9 Å². The fourth-order valence-corrected chi connectivity index (χ4v) is 2.80. The molecule has 0 aromatic carbocycles. The highest BCUT2D eigenvalue weighted by molar-refractivity contribution is 7.98. The molecule has 1 saturated heterocycles. The molecule has 1 N–H and O–H groups in total. The molecule has 0 aromatic rings. The first kappa shape index (κ1) is 14.4. The van der Waals surface area contributed by atoms with Gasteiger partial charge in [0.15, 0.2) is 0 Å². The fraction of sp³-hybridized carbons (Fsp3) is 0.833. The Morgan fingerprint density at radius 1 is 1.53 bits per heavy atom. The number of piperazine rings is 1. The highest BCUT2D eigenvalue weighted by Gasteiger charge is 2.32. The first-order valence-electron chi connectivity index (χ1n) is 6.15. The van der Waals surface area contributed by atoms with Crippen molar-refractivity contribution in [2.24, 2.45) is 5.92 Å². The number of hydrogen-bond donors (Lipinski definition) is 1. The fourth-order valence-electron chi connectivity index (χ4n) is 2.13. The average molecular weight is 258 g/mol. The minimum Gasteiger partial charge on any atom is -0.343 e. The number of carbonyl (C=O) groups is 2. The van der Waals surface area contributed by atoms with Crippen molar-refractivity contribution in [2.75, 3.05) is 25.1 Å². The first-order chi connectivity index (χ1) is 8.08. The molecule has 0 aliphatic carbocycles. The van der Waals surface area contributed by atoms with Crippen LogP contribution in [0.25, 0.3) is 0 Å². The van der Waals surface area contributed by atoms with Crippen LogP contribution in [0.4, 0.5) is 0 Å². The molecule has 98 valence electrons. The van der Waals surface area contributed by atoms with Gasteiger partial charge in [0.05, 0.1) is 6.54 Å². The summed E-state index contributed by atoms with van der Waals surface area (Å²) in [6.45, 7) is 5.05. The largest absolute Gasteiger partial charge is 0.343 e. The molecule has 17 heavy (non-hydrogen) atoms. The molecule has 0 spiro atoms.